The molecule has 0 atom stereocenters. The first-order valence-corrected chi connectivity index (χ1v) is 6.68. The van der Waals surface area contributed by atoms with Crippen LogP contribution in [-0.4, -0.2) is 5.91 Å². The van der Waals surface area contributed by atoms with Crippen LogP contribution in [0.3, 0.4) is 0 Å². The molecule has 0 aliphatic rings. The lowest BCUT2D eigenvalue weighted by molar-refractivity contribution is -0.112. The van der Waals surface area contributed by atoms with Crippen molar-refractivity contribution in [1.82, 2.24) is 0 Å². The standard InChI is InChI=1S/C18H19NO/c1-13-9-10-17(14(2)11-13)19-18(20)15(3)12-16-7-5-4-6-8-16/h4-12H,1-3H3,(H,19,20)/b15-12+. The van der Waals surface area contributed by atoms with Gasteiger partial charge in [-0.15, -0.1) is 0 Å². The lowest BCUT2D eigenvalue weighted by Gasteiger charge is -2.09. The topological polar surface area (TPSA) is 29.1 Å². The summed E-state index contributed by atoms with van der Waals surface area (Å²) in [6.45, 7) is 5.86. The second-order valence-corrected chi connectivity index (χ2v) is 5.01. The summed E-state index contributed by atoms with van der Waals surface area (Å²) >= 11 is 0. The lowest BCUT2D eigenvalue weighted by atomic mass is 10.1. The van der Waals surface area contributed by atoms with Crippen LogP contribution < -0.4 is 5.32 Å². The molecule has 0 radical (unpaired) electrons. The Labute approximate surface area is 120 Å². The molecule has 0 fully saturated rings. The predicted molar refractivity (Wildman–Crippen MR) is 84.6 cm³/mol. The highest BCUT2D eigenvalue weighted by Crippen LogP contribution is 2.17. The summed E-state index contributed by atoms with van der Waals surface area (Å²) in [6, 6.07) is 15.8. The van der Waals surface area contributed by atoms with Crippen molar-refractivity contribution in [2.24, 2.45) is 0 Å². The van der Waals surface area contributed by atoms with Gasteiger partial charge in [0.1, 0.15) is 0 Å². The second-order valence-electron chi connectivity index (χ2n) is 5.01. The van der Waals surface area contributed by atoms with Gasteiger partial charge in [-0.2, -0.15) is 0 Å². The van der Waals surface area contributed by atoms with Crippen molar-refractivity contribution in [2.75, 3.05) is 5.32 Å². The molecule has 0 saturated carbocycles. The molecule has 0 unspecified atom stereocenters. The largest absolute Gasteiger partial charge is 0.322 e. The minimum Gasteiger partial charge on any atom is -0.322 e. The van der Waals surface area contributed by atoms with E-state index in [9.17, 15) is 4.79 Å². The molecule has 102 valence electrons. The third kappa shape index (κ3) is 3.58. The van der Waals surface area contributed by atoms with Crippen LogP contribution in [0.2, 0.25) is 0 Å². The quantitative estimate of drug-likeness (QED) is 0.821. The van der Waals surface area contributed by atoms with Crippen LogP contribution in [0.4, 0.5) is 5.69 Å². The fraction of sp³-hybridized carbons (Fsp3) is 0.167. The van der Waals surface area contributed by atoms with Gasteiger partial charge in [0.2, 0.25) is 0 Å². The Morgan fingerprint density at radius 2 is 1.75 bits per heavy atom. The summed E-state index contributed by atoms with van der Waals surface area (Å²) in [5, 5.41) is 2.95. The second kappa shape index (κ2) is 6.20. The lowest BCUT2D eigenvalue weighted by Crippen LogP contribution is -2.13. The number of carbonyl (C=O) groups is 1. The van der Waals surface area contributed by atoms with Crippen molar-refractivity contribution in [3.63, 3.8) is 0 Å². The summed E-state index contributed by atoms with van der Waals surface area (Å²) in [7, 11) is 0. The maximum atomic E-state index is 12.2. The monoisotopic (exact) mass is 265 g/mol. The summed E-state index contributed by atoms with van der Waals surface area (Å²) in [4.78, 5) is 12.2. The Balaban J connectivity index is 2.14. The van der Waals surface area contributed by atoms with Gasteiger partial charge in [0.05, 0.1) is 0 Å². The van der Waals surface area contributed by atoms with E-state index in [1.165, 1.54) is 5.56 Å². The number of anilines is 1. The number of rotatable bonds is 3. The van der Waals surface area contributed by atoms with Gasteiger partial charge in [0.15, 0.2) is 0 Å². The first-order chi connectivity index (χ1) is 9.56. The van der Waals surface area contributed by atoms with Crippen molar-refractivity contribution in [3.8, 4) is 0 Å². The van der Waals surface area contributed by atoms with Gasteiger partial charge in [0, 0.05) is 11.3 Å². The van der Waals surface area contributed by atoms with Crippen LogP contribution in [0, 0.1) is 13.8 Å². The van der Waals surface area contributed by atoms with E-state index in [0.29, 0.717) is 5.57 Å². The molecule has 2 aromatic rings. The highest BCUT2D eigenvalue weighted by Gasteiger charge is 2.06. The Kier molecular flexibility index (Phi) is 4.36. The zero-order valence-corrected chi connectivity index (χ0v) is 12.1. The van der Waals surface area contributed by atoms with E-state index in [4.69, 9.17) is 0 Å². The number of nitrogens with one attached hydrogen (secondary N) is 1. The van der Waals surface area contributed by atoms with Crippen molar-refractivity contribution in [2.45, 2.75) is 20.8 Å². The van der Waals surface area contributed by atoms with E-state index >= 15 is 0 Å². The molecule has 0 bridgehead atoms. The molecular weight excluding hydrogens is 246 g/mol. The van der Waals surface area contributed by atoms with E-state index in [1.54, 1.807) is 0 Å². The fourth-order valence-corrected chi connectivity index (χ4v) is 2.04. The first-order valence-electron chi connectivity index (χ1n) is 6.68. The van der Waals surface area contributed by atoms with Crippen LogP contribution in [0.15, 0.2) is 54.1 Å². The fourth-order valence-electron chi connectivity index (χ4n) is 2.04. The molecule has 0 aromatic heterocycles. The first kappa shape index (κ1) is 14.1. The number of carbonyl (C=O) groups excluding carboxylic acids is 1. The molecule has 1 N–H and O–H groups in total. The van der Waals surface area contributed by atoms with Gasteiger partial charge in [-0.25, -0.2) is 0 Å². The zero-order valence-electron chi connectivity index (χ0n) is 12.1. The molecular formula is C18H19NO. The van der Waals surface area contributed by atoms with Crippen LogP contribution in [0.1, 0.15) is 23.6 Å². The minimum atomic E-state index is -0.0687. The SMILES string of the molecule is C/C(=C\c1ccccc1)C(=O)Nc1ccc(C)cc1C. The van der Waals surface area contributed by atoms with E-state index in [1.807, 2.05) is 69.3 Å². The Morgan fingerprint density at radius 1 is 1.05 bits per heavy atom. The third-order valence-corrected chi connectivity index (χ3v) is 3.17. The van der Waals surface area contributed by atoms with Crippen LogP contribution in [0.5, 0.6) is 0 Å². The van der Waals surface area contributed by atoms with Crippen molar-refractivity contribution in [1.29, 1.82) is 0 Å². The van der Waals surface area contributed by atoms with Gasteiger partial charge in [0.25, 0.3) is 5.91 Å². The maximum Gasteiger partial charge on any atom is 0.251 e. The molecule has 0 spiro atoms. The van der Waals surface area contributed by atoms with Gasteiger partial charge in [-0.3, -0.25) is 4.79 Å². The molecule has 0 aliphatic carbocycles. The summed E-state index contributed by atoms with van der Waals surface area (Å²) in [5.41, 5.74) is 4.85. The number of amides is 1. The molecule has 20 heavy (non-hydrogen) atoms. The summed E-state index contributed by atoms with van der Waals surface area (Å²) < 4.78 is 0. The van der Waals surface area contributed by atoms with Crippen LogP contribution >= 0.6 is 0 Å². The third-order valence-electron chi connectivity index (χ3n) is 3.17. The van der Waals surface area contributed by atoms with Crippen molar-refractivity contribution >= 4 is 17.7 Å². The normalized spacial score (nSPS) is 11.2. The summed E-state index contributed by atoms with van der Waals surface area (Å²) in [6.07, 6.45) is 1.89. The van der Waals surface area contributed by atoms with Crippen LogP contribution in [0.25, 0.3) is 6.08 Å². The van der Waals surface area contributed by atoms with Crippen molar-refractivity contribution in [3.05, 3.63) is 70.8 Å². The minimum absolute atomic E-state index is 0.0687. The van der Waals surface area contributed by atoms with E-state index in [-0.39, 0.29) is 5.91 Å². The number of aryl methyl sites for hydroxylation is 2. The van der Waals surface area contributed by atoms with Crippen LogP contribution in [-0.2, 0) is 4.79 Å². The molecule has 2 nitrogen and oxygen atoms in total. The number of benzene rings is 2. The zero-order chi connectivity index (χ0) is 14.5. The molecule has 2 heteroatoms. The van der Waals surface area contributed by atoms with E-state index in [0.717, 1.165) is 16.8 Å². The molecule has 2 aromatic carbocycles. The van der Waals surface area contributed by atoms with Gasteiger partial charge >= 0.3 is 0 Å². The average Bonchev–Trinajstić information content (AvgIpc) is 2.43. The van der Waals surface area contributed by atoms with Crippen molar-refractivity contribution < 1.29 is 4.79 Å². The predicted octanol–water partition coefficient (Wildman–Crippen LogP) is 4.35. The van der Waals surface area contributed by atoms with Gasteiger partial charge in [-0.05, 0) is 44.0 Å². The summed E-state index contributed by atoms with van der Waals surface area (Å²) in [5.74, 6) is -0.0687. The van der Waals surface area contributed by atoms with Gasteiger partial charge in [-0.1, -0.05) is 48.0 Å². The Hall–Kier alpha value is -2.35. The smallest absolute Gasteiger partial charge is 0.251 e. The molecule has 0 aliphatic heterocycles. The van der Waals surface area contributed by atoms with E-state index in [2.05, 4.69) is 11.4 Å². The highest BCUT2D eigenvalue weighted by molar-refractivity contribution is 6.06. The average molecular weight is 265 g/mol. The van der Waals surface area contributed by atoms with Gasteiger partial charge < -0.3 is 5.32 Å². The highest BCUT2D eigenvalue weighted by atomic mass is 16.1. The maximum absolute atomic E-state index is 12.2. The molecule has 0 saturated heterocycles. The Bertz CT molecular complexity index is 642. The molecule has 2 rings (SSSR count). The number of hydrogen-bond acceptors (Lipinski definition) is 1. The molecule has 1 amide bonds. The molecule has 0 heterocycles. The number of hydrogen-bond donors (Lipinski definition) is 1. The Morgan fingerprint density at radius 3 is 2.40 bits per heavy atom. The van der Waals surface area contributed by atoms with E-state index < -0.39 is 0 Å².